The largest absolute Gasteiger partial charge is 0.383 e. The molecule has 2 aromatic heterocycles. The van der Waals surface area contributed by atoms with Crippen LogP contribution in [0.3, 0.4) is 0 Å². The van der Waals surface area contributed by atoms with Crippen LogP contribution in [-0.4, -0.2) is 19.6 Å². The number of benzene rings is 1. The molecule has 0 fully saturated rings. The third-order valence-corrected chi connectivity index (χ3v) is 4.70. The topological polar surface area (TPSA) is 74.7 Å². The molecular formula is C19H15FN4O. The van der Waals surface area contributed by atoms with Crippen molar-refractivity contribution < 1.29 is 9.50 Å². The fraction of sp³-hybridized carbons (Fsp3) is 0.211. The van der Waals surface area contributed by atoms with E-state index in [9.17, 15) is 9.50 Å². The number of nitriles is 1. The fourth-order valence-electron chi connectivity index (χ4n) is 3.53. The van der Waals surface area contributed by atoms with Gasteiger partial charge in [-0.25, -0.2) is 9.37 Å². The number of pyridine rings is 1. The second kappa shape index (κ2) is 5.80. The minimum absolute atomic E-state index is 0.272. The number of halogens is 1. The van der Waals surface area contributed by atoms with Crippen molar-refractivity contribution in [2.24, 2.45) is 0 Å². The Balaban J connectivity index is 1.73. The van der Waals surface area contributed by atoms with Gasteiger partial charge in [0.15, 0.2) is 0 Å². The highest BCUT2D eigenvalue weighted by molar-refractivity contribution is 5.37. The predicted molar refractivity (Wildman–Crippen MR) is 87.9 cm³/mol. The fourth-order valence-corrected chi connectivity index (χ4v) is 3.53. The number of imidazole rings is 1. The molecule has 1 aliphatic heterocycles. The zero-order valence-electron chi connectivity index (χ0n) is 13.3. The summed E-state index contributed by atoms with van der Waals surface area (Å²) in [6.07, 6.45) is 5.55. The molecule has 0 amide bonds. The smallest absolute Gasteiger partial charge is 0.129 e. The van der Waals surface area contributed by atoms with E-state index < -0.39 is 11.4 Å². The summed E-state index contributed by atoms with van der Waals surface area (Å²) in [6.45, 7) is 0. The highest BCUT2D eigenvalue weighted by Crippen LogP contribution is 2.44. The van der Waals surface area contributed by atoms with Gasteiger partial charge in [0.25, 0.3) is 0 Å². The van der Waals surface area contributed by atoms with Crippen LogP contribution >= 0.6 is 0 Å². The molecule has 3 aromatic rings. The zero-order valence-corrected chi connectivity index (χ0v) is 13.3. The molecule has 0 saturated carbocycles. The minimum Gasteiger partial charge on any atom is -0.383 e. The highest BCUT2D eigenvalue weighted by Gasteiger charge is 2.44. The number of rotatable bonds is 3. The molecule has 1 aliphatic rings. The van der Waals surface area contributed by atoms with E-state index in [1.165, 1.54) is 6.07 Å². The highest BCUT2D eigenvalue weighted by atomic mass is 19.1. The van der Waals surface area contributed by atoms with E-state index in [2.05, 4.69) is 9.97 Å². The third kappa shape index (κ3) is 2.59. The molecule has 5 nitrogen and oxygen atoms in total. The summed E-state index contributed by atoms with van der Waals surface area (Å²) in [5.41, 5.74) is 0.949. The van der Waals surface area contributed by atoms with Crippen LogP contribution in [0.25, 0.3) is 0 Å². The Hall–Kier alpha value is -3.04. The second-order valence-corrected chi connectivity index (χ2v) is 6.28. The van der Waals surface area contributed by atoms with Gasteiger partial charge in [-0.05, 0) is 24.3 Å². The average molecular weight is 334 g/mol. The molecule has 0 saturated heterocycles. The van der Waals surface area contributed by atoms with Gasteiger partial charge in [-0.1, -0.05) is 12.1 Å². The summed E-state index contributed by atoms with van der Waals surface area (Å²) in [7, 11) is 0. The molecule has 6 heteroatoms. The van der Waals surface area contributed by atoms with Gasteiger partial charge in [0, 0.05) is 30.3 Å². The van der Waals surface area contributed by atoms with Crippen molar-refractivity contribution in [3.8, 4) is 6.07 Å². The lowest BCUT2D eigenvalue weighted by atomic mass is 9.89. The maximum atomic E-state index is 14.5. The van der Waals surface area contributed by atoms with Crippen LogP contribution in [0, 0.1) is 17.1 Å². The summed E-state index contributed by atoms with van der Waals surface area (Å²) in [5.74, 6) is -0.453. The lowest BCUT2D eigenvalue weighted by Crippen LogP contribution is -2.26. The van der Waals surface area contributed by atoms with Crippen molar-refractivity contribution in [1.29, 1.82) is 5.26 Å². The molecule has 1 aromatic carbocycles. The Labute approximate surface area is 144 Å². The van der Waals surface area contributed by atoms with Crippen LogP contribution in [0.4, 0.5) is 4.39 Å². The Morgan fingerprint density at radius 2 is 2.24 bits per heavy atom. The van der Waals surface area contributed by atoms with Crippen LogP contribution < -0.4 is 0 Å². The first kappa shape index (κ1) is 15.5. The molecule has 2 atom stereocenters. The Morgan fingerprint density at radius 3 is 2.96 bits per heavy atom. The number of nitrogens with zero attached hydrogens (tertiary/aromatic N) is 4. The van der Waals surface area contributed by atoms with Gasteiger partial charge in [-0.2, -0.15) is 5.26 Å². The lowest BCUT2D eigenvalue weighted by Gasteiger charge is -2.22. The number of fused-ring (bicyclic) bond motifs is 1. The maximum absolute atomic E-state index is 14.5. The summed E-state index contributed by atoms with van der Waals surface area (Å²) in [4.78, 5) is 8.41. The molecule has 124 valence electrons. The van der Waals surface area contributed by atoms with Crippen molar-refractivity contribution in [3.63, 3.8) is 0 Å². The molecule has 3 heterocycles. The molecule has 0 spiro atoms. The van der Waals surface area contributed by atoms with Crippen LogP contribution in [0.1, 0.15) is 35.0 Å². The number of hydrogen-bond acceptors (Lipinski definition) is 4. The summed E-state index contributed by atoms with van der Waals surface area (Å²) in [5, 5.41) is 20.1. The minimum atomic E-state index is -1.17. The van der Waals surface area contributed by atoms with Gasteiger partial charge in [0.1, 0.15) is 11.4 Å². The molecule has 25 heavy (non-hydrogen) atoms. The number of aliphatic hydroxyl groups is 1. The van der Waals surface area contributed by atoms with Gasteiger partial charge in [-0.15, -0.1) is 0 Å². The van der Waals surface area contributed by atoms with Crippen molar-refractivity contribution in [3.05, 3.63) is 83.5 Å². The number of hydrogen-bond donors (Lipinski definition) is 1. The van der Waals surface area contributed by atoms with Gasteiger partial charge in [0.2, 0.25) is 0 Å². The van der Waals surface area contributed by atoms with Crippen LogP contribution in [0.5, 0.6) is 0 Å². The maximum Gasteiger partial charge on any atom is 0.129 e. The van der Waals surface area contributed by atoms with Crippen molar-refractivity contribution in [2.75, 3.05) is 0 Å². The molecular weight excluding hydrogens is 319 g/mol. The van der Waals surface area contributed by atoms with Crippen LogP contribution in [0.15, 0.2) is 55.1 Å². The standard InChI is InChI=1S/C19H15FN4O/c20-16-7-13(10-21)4-5-15(16)17-9-19(25,18-11-22-12-24(17)18)8-14-3-1-2-6-23-14/h1-7,11-12,17,25H,8-9H2. The summed E-state index contributed by atoms with van der Waals surface area (Å²) in [6, 6.07) is 11.5. The van der Waals surface area contributed by atoms with E-state index >= 15 is 0 Å². The van der Waals surface area contributed by atoms with Crippen molar-refractivity contribution in [1.82, 2.24) is 14.5 Å². The van der Waals surface area contributed by atoms with Crippen molar-refractivity contribution in [2.45, 2.75) is 24.5 Å². The third-order valence-electron chi connectivity index (χ3n) is 4.70. The van der Waals surface area contributed by atoms with Gasteiger partial charge >= 0.3 is 0 Å². The van der Waals surface area contributed by atoms with Crippen molar-refractivity contribution >= 4 is 0 Å². The van der Waals surface area contributed by atoms with Crippen LogP contribution in [0.2, 0.25) is 0 Å². The Morgan fingerprint density at radius 1 is 1.36 bits per heavy atom. The number of aromatic nitrogens is 3. The lowest BCUT2D eigenvalue weighted by molar-refractivity contribution is 0.0346. The van der Waals surface area contributed by atoms with Gasteiger partial charge < -0.3 is 9.67 Å². The van der Waals surface area contributed by atoms with E-state index in [0.29, 0.717) is 24.1 Å². The molecule has 1 N–H and O–H groups in total. The monoisotopic (exact) mass is 334 g/mol. The second-order valence-electron chi connectivity index (χ2n) is 6.28. The zero-order chi connectivity index (χ0) is 17.4. The first-order chi connectivity index (χ1) is 12.1. The SMILES string of the molecule is N#Cc1ccc(C2CC(O)(Cc3ccccn3)c3cncn32)c(F)c1. The van der Waals surface area contributed by atoms with Crippen LogP contribution in [-0.2, 0) is 12.0 Å². The summed E-state index contributed by atoms with van der Waals surface area (Å²) >= 11 is 0. The summed E-state index contributed by atoms with van der Waals surface area (Å²) < 4.78 is 16.3. The average Bonchev–Trinajstić information content (AvgIpc) is 3.19. The first-order valence-electron chi connectivity index (χ1n) is 7.95. The molecule has 0 bridgehead atoms. The van der Waals surface area contributed by atoms with E-state index in [0.717, 1.165) is 5.69 Å². The molecule has 4 rings (SSSR count). The van der Waals surface area contributed by atoms with E-state index in [1.807, 2.05) is 24.3 Å². The first-order valence-corrected chi connectivity index (χ1v) is 7.95. The Bertz CT molecular complexity index is 963. The quantitative estimate of drug-likeness (QED) is 0.799. The Kier molecular flexibility index (Phi) is 3.59. The molecule has 0 radical (unpaired) electrons. The molecule has 0 aliphatic carbocycles. The van der Waals surface area contributed by atoms with E-state index in [1.54, 1.807) is 35.4 Å². The van der Waals surface area contributed by atoms with E-state index in [4.69, 9.17) is 5.26 Å². The van der Waals surface area contributed by atoms with Gasteiger partial charge in [-0.3, -0.25) is 4.98 Å². The van der Waals surface area contributed by atoms with Gasteiger partial charge in [0.05, 0.1) is 35.9 Å². The normalized spacial score (nSPS) is 21.7. The van der Waals surface area contributed by atoms with E-state index in [-0.39, 0.29) is 11.6 Å². The molecule has 2 unspecified atom stereocenters. The predicted octanol–water partition coefficient (Wildman–Crippen LogP) is 2.71.